The second-order valence-corrected chi connectivity index (χ2v) is 5.41. The highest BCUT2D eigenvalue weighted by atomic mass is 35.5. The van der Waals surface area contributed by atoms with Crippen LogP contribution < -0.4 is 16.0 Å². The molecule has 1 fully saturated rings. The van der Waals surface area contributed by atoms with Crippen molar-refractivity contribution >= 4 is 24.2 Å². The second-order valence-electron chi connectivity index (χ2n) is 5.41. The maximum absolute atomic E-state index is 12.8. The van der Waals surface area contributed by atoms with E-state index in [0.717, 1.165) is 25.8 Å². The normalized spacial score (nSPS) is 17.0. The van der Waals surface area contributed by atoms with Crippen LogP contribution in [0.4, 0.5) is 4.39 Å². The van der Waals surface area contributed by atoms with Crippen molar-refractivity contribution in [1.29, 1.82) is 0 Å². The number of carbonyl (C=O) groups is 2. The third-order valence-corrected chi connectivity index (χ3v) is 3.67. The van der Waals surface area contributed by atoms with Crippen LogP contribution in [0.3, 0.4) is 0 Å². The zero-order valence-electron chi connectivity index (χ0n) is 12.9. The molecule has 0 saturated carbocycles. The lowest BCUT2D eigenvalue weighted by molar-refractivity contribution is -0.123. The van der Waals surface area contributed by atoms with E-state index in [1.54, 1.807) is 0 Å². The third-order valence-electron chi connectivity index (χ3n) is 3.67. The Morgan fingerprint density at radius 2 is 1.83 bits per heavy atom. The van der Waals surface area contributed by atoms with Gasteiger partial charge in [0.25, 0.3) is 5.91 Å². The number of benzene rings is 1. The van der Waals surface area contributed by atoms with E-state index >= 15 is 0 Å². The number of halogens is 2. The first-order valence-corrected chi connectivity index (χ1v) is 7.71. The minimum absolute atomic E-state index is 0. The number of rotatable bonds is 6. The van der Waals surface area contributed by atoms with Crippen LogP contribution in [0.25, 0.3) is 0 Å². The zero-order chi connectivity index (χ0) is 15.8. The van der Waals surface area contributed by atoms with Gasteiger partial charge in [-0.1, -0.05) is 6.42 Å². The minimum Gasteiger partial charge on any atom is -0.355 e. The van der Waals surface area contributed by atoms with Gasteiger partial charge in [-0.2, -0.15) is 0 Å². The summed E-state index contributed by atoms with van der Waals surface area (Å²) >= 11 is 0. The van der Waals surface area contributed by atoms with Crippen LogP contribution in [0.2, 0.25) is 0 Å². The van der Waals surface area contributed by atoms with Crippen molar-refractivity contribution < 1.29 is 14.0 Å². The predicted molar refractivity (Wildman–Crippen MR) is 89.2 cm³/mol. The summed E-state index contributed by atoms with van der Waals surface area (Å²) in [5, 5.41) is 8.81. The van der Waals surface area contributed by atoms with E-state index in [9.17, 15) is 14.0 Å². The highest BCUT2D eigenvalue weighted by Crippen LogP contribution is 2.06. The first kappa shape index (κ1) is 19.4. The summed E-state index contributed by atoms with van der Waals surface area (Å²) in [7, 11) is 0. The van der Waals surface area contributed by atoms with E-state index < -0.39 is 0 Å². The lowest BCUT2D eigenvalue weighted by Gasteiger charge is -2.22. The molecule has 1 unspecified atom stereocenters. The number of nitrogens with one attached hydrogen (secondary N) is 3. The molecule has 2 rings (SSSR count). The summed E-state index contributed by atoms with van der Waals surface area (Å²) in [6.45, 7) is 1.89. The molecule has 1 aliphatic heterocycles. The molecule has 0 bridgehead atoms. The van der Waals surface area contributed by atoms with Gasteiger partial charge in [-0.25, -0.2) is 4.39 Å². The molecule has 1 heterocycles. The average Bonchev–Trinajstić information content (AvgIpc) is 2.55. The molecule has 7 heteroatoms. The van der Waals surface area contributed by atoms with Gasteiger partial charge in [0.15, 0.2) is 0 Å². The lowest BCUT2D eigenvalue weighted by atomic mass is 10.0. The van der Waals surface area contributed by atoms with Gasteiger partial charge < -0.3 is 16.0 Å². The van der Waals surface area contributed by atoms with E-state index in [1.807, 2.05) is 0 Å². The highest BCUT2D eigenvalue weighted by molar-refractivity contribution is 5.94. The fraction of sp³-hybridized carbons (Fsp3) is 0.500. The van der Waals surface area contributed by atoms with Crippen LogP contribution in [0.5, 0.6) is 0 Å². The molecule has 0 spiro atoms. The Balaban J connectivity index is 0.00000264. The average molecular weight is 344 g/mol. The van der Waals surface area contributed by atoms with Crippen LogP contribution in [0.1, 0.15) is 36.0 Å². The van der Waals surface area contributed by atoms with E-state index in [-0.39, 0.29) is 36.1 Å². The molecule has 1 saturated heterocycles. The van der Waals surface area contributed by atoms with E-state index in [0.29, 0.717) is 25.1 Å². The molecule has 23 heavy (non-hydrogen) atoms. The maximum Gasteiger partial charge on any atom is 0.251 e. The molecule has 1 aromatic carbocycles. The van der Waals surface area contributed by atoms with Crippen molar-refractivity contribution in [3.63, 3.8) is 0 Å². The number of carbonyl (C=O) groups excluding carboxylic acids is 2. The smallest absolute Gasteiger partial charge is 0.251 e. The molecule has 3 N–H and O–H groups in total. The van der Waals surface area contributed by atoms with Gasteiger partial charge in [-0.05, 0) is 50.1 Å². The Hall–Kier alpha value is -1.66. The molecular weight excluding hydrogens is 321 g/mol. The standard InChI is InChI=1S/C16H22FN3O2.ClH/c17-13-7-5-12(6-8-13)15(21)19-10-3-11-20-16(22)14-4-1-2-9-18-14;/h5-8,14,18H,1-4,9-11H2,(H,19,21)(H,20,22);1H. The Morgan fingerprint density at radius 1 is 1.13 bits per heavy atom. The molecule has 2 amide bonds. The fourth-order valence-electron chi connectivity index (χ4n) is 2.40. The van der Waals surface area contributed by atoms with Crippen molar-refractivity contribution in [3.05, 3.63) is 35.6 Å². The van der Waals surface area contributed by atoms with Crippen molar-refractivity contribution in [2.75, 3.05) is 19.6 Å². The molecule has 0 aliphatic carbocycles. The molecule has 128 valence electrons. The van der Waals surface area contributed by atoms with Crippen molar-refractivity contribution in [3.8, 4) is 0 Å². The Bertz CT molecular complexity index is 505. The maximum atomic E-state index is 12.8. The zero-order valence-corrected chi connectivity index (χ0v) is 13.8. The van der Waals surface area contributed by atoms with E-state index in [4.69, 9.17) is 0 Å². The summed E-state index contributed by atoms with van der Waals surface area (Å²) < 4.78 is 12.8. The Kier molecular flexibility index (Phi) is 8.58. The largest absolute Gasteiger partial charge is 0.355 e. The Labute approximate surface area is 141 Å². The first-order chi connectivity index (χ1) is 10.7. The predicted octanol–water partition coefficient (Wildman–Crippen LogP) is 1.63. The number of amides is 2. The third kappa shape index (κ3) is 6.54. The van der Waals surface area contributed by atoms with Gasteiger partial charge in [0, 0.05) is 18.7 Å². The van der Waals surface area contributed by atoms with Gasteiger partial charge >= 0.3 is 0 Å². The monoisotopic (exact) mass is 343 g/mol. The molecule has 0 aromatic heterocycles. The van der Waals surface area contributed by atoms with Gasteiger partial charge in [0.05, 0.1) is 6.04 Å². The number of piperidine rings is 1. The van der Waals surface area contributed by atoms with Crippen molar-refractivity contribution in [2.24, 2.45) is 0 Å². The topological polar surface area (TPSA) is 70.2 Å². The molecule has 1 aliphatic rings. The van der Waals surface area contributed by atoms with Gasteiger partial charge in [0.1, 0.15) is 5.82 Å². The van der Waals surface area contributed by atoms with Gasteiger partial charge in [-0.3, -0.25) is 9.59 Å². The molecule has 1 aromatic rings. The van der Waals surface area contributed by atoms with E-state index in [1.165, 1.54) is 24.3 Å². The molecule has 1 atom stereocenters. The van der Waals surface area contributed by atoms with Crippen LogP contribution in [-0.4, -0.2) is 37.5 Å². The SMILES string of the molecule is Cl.O=C(NCCCNC(=O)C1CCCCN1)c1ccc(F)cc1. The summed E-state index contributed by atoms with van der Waals surface area (Å²) in [5.41, 5.74) is 0.428. The quantitative estimate of drug-likeness (QED) is 0.687. The fourth-order valence-corrected chi connectivity index (χ4v) is 2.40. The minimum atomic E-state index is -0.365. The van der Waals surface area contributed by atoms with Gasteiger partial charge in [0.2, 0.25) is 5.91 Å². The first-order valence-electron chi connectivity index (χ1n) is 7.71. The summed E-state index contributed by atoms with van der Waals surface area (Å²) in [6.07, 6.45) is 3.75. The van der Waals surface area contributed by atoms with Crippen molar-refractivity contribution in [2.45, 2.75) is 31.7 Å². The summed E-state index contributed by atoms with van der Waals surface area (Å²) in [4.78, 5) is 23.6. The highest BCUT2D eigenvalue weighted by Gasteiger charge is 2.19. The second kappa shape index (κ2) is 10.2. The van der Waals surface area contributed by atoms with Crippen LogP contribution in [-0.2, 0) is 4.79 Å². The summed E-state index contributed by atoms with van der Waals surface area (Å²) in [6, 6.07) is 5.32. The lowest BCUT2D eigenvalue weighted by Crippen LogP contribution is -2.47. The van der Waals surface area contributed by atoms with E-state index in [2.05, 4.69) is 16.0 Å². The van der Waals surface area contributed by atoms with Crippen LogP contribution in [0, 0.1) is 5.82 Å². The van der Waals surface area contributed by atoms with Crippen molar-refractivity contribution in [1.82, 2.24) is 16.0 Å². The summed E-state index contributed by atoms with van der Waals surface area (Å²) in [5.74, 6) is -0.569. The number of hydrogen-bond acceptors (Lipinski definition) is 3. The van der Waals surface area contributed by atoms with Crippen LogP contribution in [0.15, 0.2) is 24.3 Å². The molecule has 5 nitrogen and oxygen atoms in total. The molecule has 0 radical (unpaired) electrons. The number of hydrogen-bond donors (Lipinski definition) is 3. The molecular formula is C16H23ClFN3O2. The van der Waals surface area contributed by atoms with Crippen LogP contribution >= 0.6 is 12.4 Å². The Morgan fingerprint density at radius 3 is 2.48 bits per heavy atom. The van der Waals surface area contributed by atoms with Gasteiger partial charge in [-0.15, -0.1) is 12.4 Å².